The summed E-state index contributed by atoms with van der Waals surface area (Å²) in [4.78, 5) is 16.7. The Morgan fingerprint density at radius 3 is 2.51 bits per heavy atom. The fraction of sp³-hybridized carbons (Fsp3) is 0.219. The van der Waals surface area contributed by atoms with Crippen LogP contribution in [0.2, 0.25) is 5.02 Å². The van der Waals surface area contributed by atoms with Crippen LogP contribution in [-0.4, -0.2) is 61.0 Å². The third-order valence-corrected chi connectivity index (χ3v) is 9.05. The van der Waals surface area contributed by atoms with Crippen molar-refractivity contribution in [1.29, 1.82) is 5.26 Å². The predicted molar refractivity (Wildman–Crippen MR) is 177 cm³/mol. The summed E-state index contributed by atoms with van der Waals surface area (Å²) in [6.07, 6.45) is 0.834. The van der Waals surface area contributed by atoms with E-state index < -0.39 is 26.8 Å². The molecule has 0 spiro atoms. The predicted octanol–water partition coefficient (Wildman–Crippen LogP) is 5.69. The highest BCUT2D eigenvalue weighted by Gasteiger charge is 2.31. The summed E-state index contributed by atoms with van der Waals surface area (Å²) in [7, 11) is 1.52. The fourth-order valence-electron chi connectivity index (χ4n) is 4.50. The third kappa shape index (κ3) is 8.13. The van der Waals surface area contributed by atoms with Gasteiger partial charge in [-0.3, -0.25) is 0 Å². The number of nitriles is 1. The average Bonchev–Trinajstić information content (AvgIpc) is 3.08. The zero-order chi connectivity index (χ0) is 34.1. The first-order valence-corrected chi connectivity index (χ1v) is 15.8. The molecule has 0 saturated heterocycles. The van der Waals surface area contributed by atoms with Crippen molar-refractivity contribution in [2.45, 2.75) is 11.4 Å². The second-order valence-electron chi connectivity index (χ2n) is 9.92. The summed E-state index contributed by atoms with van der Waals surface area (Å²) < 4.78 is 60.8. The number of amides is 1. The van der Waals surface area contributed by atoms with Crippen LogP contribution in [0.25, 0.3) is 0 Å². The number of benzene rings is 3. The number of nitrogens with one attached hydrogen (secondary N) is 2. The van der Waals surface area contributed by atoms with E-state index >= 15 is 4.39 Å². The maximum absolute atomic E-state index is 15.9. The number of carbonyl (C=O) groups excluding carboxylic acids is 1. The van der Waals surface area contributed by atoms with E-state index in [2.05, 4.69) is 21.7 Å². The van der Waals surface area contributed by atoms with Crippen LogP contribution in [0.3, 0.4) is 0 Å². The highest BCUT2D eigenvalue weighted by Crippen LogP contribution is 2.37. The molecule has 3 aromatic carbocycles. The summed E-state index contributed by atoms with van der Waals surface area (Å²) in [6.45, 7) is 0.0657. The Hall–Kier alpha value is -5.26. The van der Waals surface area contributed by atoms with Crippen molar-refractivity contribution in [2.75, 3.05) is 56.0 Å². The van der Waals surface area contributed by atoms with Gasteiger partial charge in [0.2, 0.25) is 0 Å². The van der Waals surface area contributed by atoms with Crippen molar-refractivity contribution in [3.8, 4) is 17.6 Å². The van der Waals surface area contributed by atoms with E-state index in [0.29, 0.717) is 34.0 Å². The van der Waals surface area contributed by atoms with Crippen LogP contribution in [0, 0.1) is 17.1 Å². The number of carbonyl (C=O) groups is 1. The number of likely N-dealkylation sites (N-methyl/N-ethyl adjacent to an activating group) is 1. The molecule has 12 nitrogen and oxygen atoms in total. The zero-order valence-electron chi connectivity index (χ0n) is 26.0. The zero-order valence-corrected chi connectivity index (χ0v) is 27.5. The van der Waals surface area contributed by atoms with Gasteiger partial charge < -0.3 is 29.7 Å². The minimum Gasteiger partial charge on any atom is -0.497 e. The van der Waals surface area contributed by atoms with Crippen LogP contribution in [-0.2, 0) is 21.3 Å². The number of halogens is 2. The molecule has 0 atom stereocenters. The average molecular weight is 683 g/mol. The molecule has 0 unspecified atom stereocenters. The molecule has 4 rings (SSSR count). The quantitative estimate of drug-likeness (QED) is 0.180. The first kappa shape index (κ1) is 34.6. The third-order valence-electron chi connectivity index (χ3n) is 6.97. The van der Waals surface area contributed by atoms with E-state index in [4.69, 9.17) is 25.8 Å². The van der Waals surface area contributed by atoms with E-state index in [1.165, 1.54) is 33.5 Å². The number of pyridine rings is 1. The van der Waals surface area contributed by atoms with Gasteiger partial charge in [0, 0.05) is 38.0 Å². The van der Waals surface area contributed by atoms with Crippen molar-refractivity contribution in [1.82, 2.24) is 10.3 Å². The number of hydrogen-bond donors (Lipinski definition) is 2. The summed E-state index contributed by atoms with van der Waals surface area (Å²) in [6, 6.07) is 18.5. The molecular formula is C32H32ClFN6O6S. The van der Waals surface area contributed by atoms with Crippen LogP contribution >= 0.6 is 11.6 Å². The molecule has 0 saturated carbocycles. The van der Waals surface area contributed by atoms with E-state index in [-0.39, 0.29) is 36.2 Å². The van der Waals surface area contributed by atoms with Crippen molar-refractivity contribution in [3.63, 3.8) is 0 Å². The SMILES string of the molecule is CNC(=O)OCCN(C)c1cc(C#N)ccc1Nc1cc(F)c(S(=O)(=O)N(Cc2ccc(OC)cc2OC)c2ccccn2)cc1Cl. The number of nitrogens with zero attached hydrogens (tertiary/aromatic N) is 4. The number of hydrogen-bond acceptors (Lipinski definition) is 10. The van der Waals surface area contributed by atoms with E-state index in [1.54, 1.807) is 60.5 Å². The summed E-state index contributed by atoms with van der Waals surface area (Å²) in [5, 5.41) is 14.8. The van der Waals surface area contributed by atoms with Gasteiger partial charge >= 0.3 is 6.09 Å². The maximum Gasteiger partial charge on any atom is 0.406 e. The first-order valence-electron chi connectivity index (χ1n) is 14.0. The first-order chi connectivity index (χ1) is 22.5. The number of ether oxygens (including phenoxy) is 3. The lowest BCUT2D eigenvalue weighted by Gasteiger charge is -2.25. The van der Waals surface area contributed by atoms with Gasteiger partial charge in [0.05, 0.1) is 61.0 Å². The van der Waals surface area contributed by atoms with Gasteiger partial charge in [0.1, 0.15) is 34.6 Å². The number of alkyl carbamates (subject to hydrolysis) is 1. The Bertz CT molecular complexity index is 1890. The number of sulfonamides is 1. The minimum atomic E-state index is -4.58. The molecule has 0 bridgehead atoms. The molecule has 0 fully saturated rings. The normalized spacial score (nSPS) is 10.8. The lowest BCUT2D eigenvalue weighted by atomic mass is 10.1. The molecule has 0 aliphatic carbocycles. The number of rotatable bonds is 13. The van der Waals surface area contributed by atoms with E-state index in [9.17, 15) is 18.5 Å². The van der Waals surface area contributed by atoms with Gasteiger partial charge in [-0.15, -0.1) is 0 Å². The number of aromatic nitrogens is 1. The summed E-state index contributed by atoms with van der Waals surface area (Å²) >= 11 is 6.58. The highest BCUT2D eigenvalue weighted by molar-refractivity contribution is 7.92. The largest absolute Gasteiger partial charge is 0.497 e. The fourth-order valence-corrected chi connectivity index (χ4v) is 6.25. The lowest BCUT2D eigenvalue weighted by Crippen LogP contribution is -2.32. The van der Waals surface area contributed by atoms with Crippen LogP contribution in [0.4, 0.5) is 32.1 Å². The van der Waals surface area contributed by atoms with Gasteiger partial charge in [0.25, 0.3) is 10.0 Å². The molecule has 1 amide bonds. The topological polar surface area (TPSA) is 146 Å². The molecule has 0 radical (unpaired) electrons. The van der Waals surface area contributed by atoms with Crippen molar-refractivity contribution in [3.05, 3.63) is 94.9 Å². The van der Waals surface area contributed by atoms with E-state index in [0.717, 1.165) is 16.4 Å². The molecule has 15 heteroatoms. The van der Waals surface area contributed by atoms with Crippen molar-refractivity contribution < 1.29 is 31.8 Å². The standard InChI is InChI=1S/C32H32ClFN6O6S/c1-36-32(41)46-14-13-39(2)28-15-21(19-35)8-11-26(28)38-27-18-25(34)30(17-24(27)33)47(42,43)40(31-7-5-6-12-37-31)20-22-9-10-23(44-3)16-29(22)45-4/h5-12,15-18,38H,13-14,20H2,1-4H3,(H,36,41). The van der Waals surface area contributed by atoms with Crippen LogP contribution in [0.1, 0.15) is 11.1 Å². The Balaban J connectivity index is 1.70. The van der Waals surface area contributed by atoms with Crippen molar-refractivity contribution in [2.24, 2.45) is 0 Å². The van der Waals surface area contributed by atoms with Crippen LogP contribution in [0.5, 0.6) is 11.5 Å². The monoisotopic (exact) mass is 682 g/mol. The van der Waals surface area contributed by atoms with Gasteiger partial charge in [-0.05, 0) is 48.5 Å². The molecule has 47 heavy (non-hydrogen) atoms. The molecule has 1 heterocycles. The summed E-state index contributed by atoms with van der Waals surface area (Å²) in [5.41, 5.74) is 1.86. The number of anilines is 4. The van der Waals surface area contributed by atoms with Gasteiger partial charge in [-0.1, -0.05) is 17.7 Å². The smallest absolute Gasteiger partial charge is 0.406 e. The molecular weight excluding hydrogens is 651 g/mol. The maximum atomic E-state index is 15.9. The Morgan fingerprint density at radius 2 is 1.85 bits per heavy atom. The van der Waals surface area contributed by atoms with Gasteiger partial charge in [-0.25, -0.2) is 26.9 Å². The van der Waals surface area contributed by atoms with E-state index in [1.807, 2.05) is 0 Å². The van der Waals surface area contributed by atoms with Crippen LogP contribution < -0.4 is 29.3 Å². The molecule has 1 aromatic heterocycles. The van der Waals surface area contributed by atoms with Gasteiger partial charge in [0.15, 0.2) is 0 Å². The Labute approximate surface area is 277 Å². The van der Waals surface area contributed by atoms with Gasteiger partial charge in [-0.2, -0.15) is 5.26 Å². The second-order valence-corrected chi connectivity index (χ2v) is 12.2. The summed E-state index contributed by atoms with van der Waals surface area (Å²) in [5.74, 6) is -0.148. The number of methoxy groups -OCH3 is 2. The lowest BCUT2D eigenvalue weighted by molar-refractivity contribution is 0.151. The molecule has 0 aliphatic heterocycles. The Morgan fingerprint density at radius 1 is 1.06 bits per heavy atom. The molecule has 0 aliphatic rings. The van der Waals surface area contributed by atoms with Crippen molar-refractivity contribution >= 4 is 50.6 Å². The highest BCUT2D eigenvalue weighted by atomic mass is 35.5. The second kappa shape index (κ2) is 15.4. The Kier molecular flexibility index (Phi) is 11.3. The van der Waals surface area contributed by atoms with Crippen LogP contribution in [0.15, 0.2) is 77.8 Å². The molecule has 246 valence electrons. The minimum absolute atomic E-state index is 0.0451. The molecule has 2 N–H and O–H groups in total. The molecule has 4 aromatic rings.